The third kappa shape index (κ3) is 3.21. The number of benzene rings is 2. The fourth-order valence-electron chi connectivity index (χ4n) is 3.28. The van der Waals surface area contributed by atoms with Crippen molar-refractivity contribution in [1.82, 2.24) is 4.98 Å². The minimum absolute atomic E-state index is 0.598. The molecule has 0 spiro atoms. The highest BCUT2D eigenvalue weighted by Crippen LogP contribution is 2.31. The molecule has 1 unspecified atom stereocenters. The molecule has 0 N–H and O–H groups in total. The minimum Gasteiger partial charge on any atom is -0.256 e. The molecule has 0 amide bonds. The van der Waals surface area contributed by atoms with Gasteiger partial charge >= 0.3 is 0 Å². The Morgan fingerprint density at radius 1 is 0.875 bits per heavy atom. The van der Waals surface area contributed by atoms with Crippen molar-refractivity contribution >= 4 is 10.8 Å². The Bertz CT molecular complexity index is 826. The molecule has 0 aliphatic carbocycles. The summed E-state index contributed by atoms with van der Waals surface area (Å²) < 4.78 is 0. The largest absolute Gasteiger partial charge is 0.256 e. The van der Waals surface area contributed by atoms with E-state index in [0.717, 1.165) is 18.5 Å². The first-order chi connectivity index (χ1) is 11.7. The van der Waals surface area contributed by atoms with Gasteiger partial charge in [0.15, 0.2) is 0 Å². The van der Waals surface area contributed by atoms with Gasteiger partial charge in [-0.3, -0.25) is 4.98 Å². The van der Waals surface area contributed by atoms with Crippen molar-refractivity contribution < 1.29 is 0 Å². The topological polar surface area (TPSA) is 12.9 Å². The van der Waals surface area contributed by atoms with Gasteiger partial charge in [0.25, 0.3) is 0 Å². The molecule has 0 saturated carbocycles. The summed E-state index contributed by atoms with van der Waals surface area (Å²) in [7, 11) is 0. The van der Waals surface area contributed by atoms with Gasteiger partial charge in [-0.1, -0.05) is 52.0 Å². The van der Waals surface area contributed by atoms with E-state index in [2.05, 4.69) is 70.2 Å². The van der Waals surface area contributed by atoms with Crippen LogP contribution in [0.25, 0.3) is 22.0 Å². The van der Waals surface area contributed by atoms with Gasteiger partial charge in [-0.25, -0.2) is 0 Å². The molecule has 0 fully saturated rings. The van der Waals surface area contributed by atoms with Crippen LogP contribution in [0.3, 0.4) is 0 Å². The first-order valence-electron chi connectivity index (χ1n) is 9.18. The first kappa shape index (κ1) is 16.7. The lowest BCUT2D eigenvalue weighted by atomic mass is 9.93. The van der Waals surface area contributed by atoms with Crippen molar-refractivity contribution in [3.8, 4) is 11.3 Å². The molecule has 124 valence electrons. The SMILES string of the molecule is CCc1cc(CC)cc(-c2nccc3cc(C(C)CC)ccc23)c1. The van der Waals surface area contributed by atoms with Crippen molar-refractivity contribution in [2.45, 2.75) is 52.9 Å². The number of rotatable bonds is 5. The van der Waals surface area contributed by atoms with Crippen LogP contribution < -0.4 is 0 Å². The lowest BCUT2D eigenvalue weighted by Crippen LogP contribution is -1.94. The van der Waals surface area contributed by atoms with E-state index in [0.29, 0.717) is 5.92 Å². The Kier molecular flexibility index (Phi) is 4.99. The van der Waals surface area contributed by atoms with Crippen LogP contribution in [0.15, 0.2) is 48.7 Å². The van der Waals surface area contributed by atoms with E-state index >= 15 is 0 Å². The molecule has 1 aromatic heterocycles. The van der Waals surface area contributed by atoms with Gasteiger partial charge in [-0.2, -0.15) is 0 Å². The van der Waals surface area contributed by atoms with Crippen molar-refractivity contribution in [1.29, 1.82) is 0 Å². The molecule has 0 radical (unpaired) electrons. The Morgan fingerprint density at radius 3 is 2.21 bits per heavy atom. The van der Waals surface area contributed by atoms with Gasteiger partial charge < -0.3 is 0 Å². The highest BCUT2D eigenvalue weighted by molar-refractivity contribution is 5.95. The maximum atomic E-state index is 4.72. The van der Waals surface area contributed by atoms with Crippen LogP contribution in [-0.4, -0.2) is 4.98 Å². The van der Waals surface area contributed by atoms with Crippen LogP contribution in [0, 0.1) is 0 Å². The highest BCUT2D eigenvalue weighted by atomic mass is 14.7. The smallest absolute Gasteiger partial charge is 0.0780 e. The van der Waals surface area contributed by atoms with Gasteiger partial charge in [0, 0.05) is 17.1 Å². The summed E-state index contributed by atoms with van der Waals surface area (Å²) >= 11 is 0. The van der Waals surface area contributed by atoms with Crippen LogP contribution in [0.5, 0.6) is 0 Å². The van der Waals surface area contributed by atoms with Crippen molar-refractivity contribution in [3.05, 3.63) is 65.4 Å². The number of hydrogen-bond acceptors (Lipinski definition) is 1. The van der Waals surface area contributed by atoms with E-state index in [9.17, 15) is 0 Å². The Labute approximate surface area is 145 Å². The maximum absolute atomic E-state index is 4.72. The molecule has 1 nitrogen and oxygen atoms in total. The number of fused-ring (bicyclic) bond motifs is 1. The van der Waals surface area contributed by atoms with Crippen LogP contribution in [-0.2, 0) is 12.8 Å². The average molecular weight is 317 g/mol. The molecule has 0 aliphatic rings. The van der Waals surface area contributed by atoms with Crippen molar-refractivity contribution in [2.75, 3.05) is 0 Å². The summed E-state index contributed by atoms with van der Waals surface area (Å²) in [5.41, 5.74) is 6.54. The second-order valence-electron chi connectivity index (χ2n) is 6.69. The molecular weight excluding hydrogens is 290 g/mol. The Balaban J connectivity index is 2.16. The Morgan fingerprint density at radius 2 is 1.58 bits per heavy atom. The zero-order valence-electron chi connectivity index (χ0n) is 15.3. The van der Waals surface area contributed by atoms with Crippen LogP contribution >= 0.6 is 0 Å². The molecule has 3 rings (SSSR count). The van der Waals surface area contributed by atoms with Gasteiger partial charge in [0.2, 0.25) is 0 Å². The summed E-state index contributed by atoms with van der Waals surface area (Å²) in [5.74, 6) is 0.598. The second kappa shape index (κ2) is 7.17. The van der Waals surface area contributed by atoms with Crippen LogP contribution in [0.4, 0.5) is 0 Å². The maximum Gasteiger partial charge on any atom is 0.0780 e. The highest BCUT2D eigenvalue weighted by Gasteiger charge is 2.10. The van der Waals surface area contributed by atoms with E-state index in [4.69, 9.17) is 4.98 Å². The van der Waals surface area contributed by atoms with Gasteiger partial charge in [-0.05, 0) is 65.5 Å². The van der Waals surface area contributed by atoms with Crippen molar-refractivity contribution in [2.24, 2.45) is 0 Å². The third-order valence-corrected chi connectivity index (χ3v) is 5.11. The molecule has 1 atom stereocenters. The molecule has 1 heteroatoms. The van der Waals surface area contributed by atoms with E-state index < -0.39 is 0 Å². The number of aromatic nitrogens is 1. The molecule has 2 aromatic carbocycles. The summed E-state index contributed by atoms with van der Waals surface area (Å²) in [5, 5.41) is 2.54. The summed E-state index contributed by atoms with van der Waals surface area (Å²) in [4.78, 5) is 4.72. The molecule has 0 aliphatic heterocycles. The first-order valence-corrected chi connectivity index (χ1v) is 9.18. The number of hydrogen-bond donors (Lipinski definition) is 0. The fourth-order valence-corrected chi connectivity index (χ4v) is 3.28. The number of nitrogens with zero attached hydrogens (tertiary/aromatic N) is 1. The number of pyridine rings is 1. The Hall–Kier alpha value is -2.15. The monoisotopic (exact) mass is 317 g/mol. The molecule has 0 bridgehead atoms. The van der Waals surface area contributed by atoms with E-state index in [1.54, 1.807) is 0 Å². The lowest BCUT2D eigenvalue weighted by molar-refractivity contribution is 0.735. The average Bonchev–Trinajstić information content (AvgIpc) is 2.65. The molecule has 3 aromatic rings. The summed E-state index contributed by atoms with van der Waals surface area (Å²) in [6.45, 7) is 8.97. The normalized spacial score (nSPS) is 12.5. The fraction of sp³-hybridized carbons (Fsp3) is 0.348. The second-order valence-corrected chi connectivity index (χ2v) is 6.69. The standard InChI is InChI=1S/C23H27N/c1-5-16(4)19-8-9-22-20(15-19)10-11-24-23(22)21-13-17(6-2)12-18(7-3)14-21/h8-16H,5-7H2,1-4H3. The van der Waals surface area contributed by atoms with Crippen LogP contribution in [0.2, 0.25) is 0 Å². The van der Waals surface area contributed by atoms with Gasteiger partial charge in [-0.15, -0.1) is 0 Å². The van der Waals surface area contributed by atoms with E-state index in [1.807, 2.05) is 6.20 Å². The predicted molar refractivity (Wildman–Crippen MR) is 105 cm³/mol. The molecule has 0 saturated heterocycles. The third-order valence-electron chi connectivity index (χ3n) is 5.11. The number of aryl methyl sites for hydroxylation is 2. The lowest BCUT2D eigenvalue weighted by Gasteiger charge is -2.13. The van der Waals surface area contributed by atoms with E-state index in [-0.39, 0.29) is 0 Å². The summed E-state index contributed by atoms with van der Waals surface area (Å²) in [6, 6.07) is 15.9. The molecule has 24 heavy (non-hydrogen) atoms. The summed E-state index contributed by atoms with van der Waals surface area (Å²) in [6.07, 6.45) is 5.23. The quantitative estimate of drug-likeness (QED) is 0.520. The van der Waals surface area contributed by atoms with Crippen molar-refractivity contribution in [3.63, 3.8) is 0 Å². The van der Waals surface area contributed by atoms with Gasteiger partial charge in [0.05, 0.1) is 5.69 Å². The van der Waals surface area contributed by atoms with E-state index in [1.165, 1.54) is 39.4 Å². The zero-order chi connectivity index (χ0) is 17.1. The predicted octanol–water partition coefficient (Wildman–Crippen LogP) is 6.54. The minimum atomic E-state index is 0.598. The zero-order valence-corrected chi connectivity index (χ0v) is 15.3. The molecular formula is C23H27N. The van der Waals surface area contributed by atoms with Gasteiger partial charge in [0.1, 0.15) is 0 Å². The van der Waals surface area contributed by atoms with Crippen LogP contribution in [0.1, 0.15) is 56.7 Å². The molecule has 1 heterocycles.